The third-order valence-electron chi connectivity index (χ3n) is 4.74. The lowest BCUT2D eigenvalue weighted by Gasteiger charge is -2.32. The van der Waals surface area contributed by atoms with Crippen molar-refractivity contribution in [3.63, 3.8) is 0 Å². The summed E-state index contributed by atoms with van der Waals surface area (Å²) in [5.41, 5.74) is 2.43. The highest BCUT2D eigenvalue weighted by Crippen LogP contribution is 2.40. The number of aromatic amines is 1. The summed E-state index contributed by atoms with van der Waals surface area (Å²) in [4.78, 5) is 15.6. The van der Waals surface area contributed by atoms with Crippen LogP contribution in [0.1, 0.15) is 46.6 Å². The van der Waals surface area contributed by atoms with Crippen LogP contribution in [0.25, 0.3) is 0 Å². The van der Waals surface area contributed by atoms with Crippen LogP contribution >= 0.6 is 11.3 Å². The van der Waals surface area contributed by atoms with E-state index >= 15 is 0 Å². The molecule has 4 rings (SSSR count). The minimum atomic E-state index is 0.0500. The Bertz CT molecular complexity index is 739. The van der Waals surface area contributed by atoms with Crippen LogP contribution in [0.4, 0.5) is 0 Å². The van der Waals surface area contributed by atoms with E-state index in [1.165, 1.54) is 22.6 Å². The molecule has 1 fully saturated rings. The highest BCUT2D eigenvalue weighted by Gasteiger charge is 2.31. The van der Waals surface area contributed by atoms with E-state index in [4.69, 9.17) is 9.47 Å². The fourth-order valence-electron chi connectivity index (χ4n) is 3.51. The van der Waals surface area contributed by atoms with E-state index in [1.54, 1.807) is 0 Å². The lowest BCUT2D eigenvalue weighted by atomic mass is 9.92. The molecule has 1 saturated heterocycles. The van der Waals surface area contributed by atoms with E-state index in [0.717, 1.165) is 32.4 Å². The molecule has 7 heteroatoms. The quantitative estimate of drug-likeness (QED) is 0.927. The number of likely N-dealkylation sites (tertiary alicyclic amines) is 1. The summed E-state index contributed by atoms with van der Waals surface area (Å²) < 4.78 is 11.2. The number of amides is 1. The number of hydrogen-bond donors (Lipinski definition) is 1. The summed E-state index contributed by atoms with van der Waals surface area (Å²) in [6.45, 7) is 4.69. The molecule has 6 nitrogen and oxygen atoms in total. The van der Waals surface area contributed by atoms with E-state index in [-0.39, 0.29) is 5.91 Å². The van der Waals surface area contributed by atoms with Crippen molar-refractivity contribution in [2.75, 3.05) is 26.3 Å². The zero-order valence-electron chi connectivity index (χ0n) is 13.7. The number of aromatic nitrogens is 2. The highest BCUT2D eigenvalue weighted by atomic mass is 32.1. The molecule has 2 aliphatic heterocycles. The van der Waals surface area contributed by atoms with Gasteiger partial charge in [-0.05, 0) is 24.8 Å². The number of fused-ring (bicyclic) bond motifs is 1. The molecule has 0 radical (unpaired) electrons. The predicted octanol–water partition coefficient (Wildman–Crippen LogP) is 2.82. The average molecular weight is 347 g/mol. The summed E-state index contributed by atoms with van der Waals surface area (Å²) >= 11 is 1.41. The van der Waals surface area contributed by atoms with Gasteiger partial charge in [0.15, 0.2) is 11.5 Å². The van der Waals surface area contributed by atoms with Gasteiger partial charge < -0.3 is 14.4 Å². The second-order valence-corrected chi connectivity index (χ2v) is 7.09. The zero-order chi connectivity index (χ0) is 16.5. The lowest BCUT2D eigenvalue weighted by Crippen LogP contribution is -2.39. The Morgan fingerprint density at radius 2 is 2.33 bits per heavy atom. The topological polar surface area (TPSA) is 67.5 Å². The minimum absolute atomic E-state index is 0.0500. The minimum Gasteiger partial charge on any atom is -0.485 e. The van der Waals surface area contributed by atoms with Gasteiger partial charge in [-0.3, -0.25) is 9.89 Å². The molecule has 0 spiro atoms. The number of H-pyrrole nitrogens is 1. The number of ether oxygens (including phenoxy) is 2. The first-order chi connectivity index (χ1) is 11.8. The molecule has 0 bridgehead atoms. The SMILES string of the molecule is CCc1cn[nH]c1[C@@H]1CCCN(C(=O)c2scc3c2OCCO3)C1. The normalized spacial score (nSPS) is 20.2. The van der Waals surface area contributed by atoms with Crippen molar-refractivity contribution in [2.24, 2.45) is 0 Å². The van der Waals surface area contributed by atoms with Crippen LogP contribution in [0.2, 0.25) is 0 Å². The van der Waals surface area contributed by atoms with Crippen LogP contribution in [0.15, 0.2) is 11.6 Å². The van der Waals surface area contributed by atoms with Crippen LogP contribution in [-0.2, 0) is 6.42 Å². The Balaban J connectivity index is 1.54. The van der Waals surface area contributed by atoms with Gasteiger partial charge in [-0.25, -0.2) is 0 Å². The van der Waals surface area contributed by atoms with Gasteiger partial charge in [0, 0.05) is 30.1 Å². The number of nitrogens with zero attached hydrogens (tertiary/aromatic N) is 2. The first-order valence-corrected chi connectivity index (χ1v) is 9.34. The summed E-state index contributed by atoms with van der Waals surface area (Å²) in [7, 11) is 0. The molecule has 2 aromatic heterocycles. The lowest BCUT2D eigenvalue weighted by molar-refractivity contribution is 0.0702. The van der Waals surface area contributed by atoms with Gasteiger partial charge in [0.2, 0.25) is 0 Å². The van der Waals surface area contributed by atoms with Crippen molar-refractivity contribution in [1.82, 2.24) is 15.1 Å². The Hall–Kier alpha value is -2.02. The van der Waals surface area contributed by atoms with Gasteiger partial charge in [-0.2, -0.15) is 5.10 Å². The van der Waals surface area contributed by atoms with Crippen molar-refractivity contribution in [2.45, 2.75) is 32.1 Å². The number of hydrogen-bond acceptors (Lipinski definition) is 5. The van der Waals surface area contributed by atoms with E-state index in [0.29, 0.717) is 35.5 Å². The number of thiophene rings is 1. The molecular weight excluding hydrogens is 326 g/mol. The van der Waals surface area contributed by atoms with E-state index in [9.17, 15) is 4.79 Å². The average Bonchev–Trinajstić information content (AvgIpc) is 3.28. The molecule has 1 atom stereocenters. The maximum atomic E-state index is 13.0. The van der Waals surface area contributed by atoms with Gasteiger partial charge in [-0.1, -0.05) is 6.92 Å². The van der Waals surface area contributed by atoms with Gasteiger partial charge >= 0.3 is 0 Å². The summed E-state index contributed by atoms with van der Waals surface area (Å²) in [6.07, 6.45) is 4.95. The number of aryl methyl sites for hydroxylation is 1. The Morgan fingerprint density at radius 1 is 1.46 bits per heavy atom. The molecule has 0 unspecified atom stereocenters. The predicted molar refractivity (Wildman–Crippen MR) is 91.2 cm³/mol. The van der Waals surface area contributed by atoms with Gasteiger partial charge in [-0.15, -0.1) is 11.3 Å². The number of piperidine rings is 1. The molecule has 2 aliphatic rings. The maximum absolute atomic E-state index is 13.0. The van der Waals surface area contributed by atoms with Crippen molar-refractivity contribution in [3.05, 3.63) is 27.7 Å². The number of rotatable bonds is 3. The summed E-state index contributed by atoms with van der Waals surface area (Å²) in [5, 5.41) is 9.19. The molecule has 2 aromatic rings. The fourth-order valence-corrected chi connectivity index (χ4v) is 4.40. The van der Waals surface area contributed by atoms with Crippen LogP contribution in [0.5, 0.6) is 11.5 Å². The maximum Gasteiger partial charge on any atom is 0.267 e. The number of carbonyl (C=O) groups is 1. The van der Waals surface area contributed by atoms with Gasteiger partial charge in [0.05, 0.1) is 6.20 Å². The summed E-state index contributed by atoms with van der Waals surface area (Å²) in [6, 6.07) is 0. The third kappa shape index (κ3) is 2.66. The second-order valence-electron chi connectivity index (χ2n) is 6.21. The zero-order valence-corrected chi connectivity index (χ0v) is 14.5. The molecule has 24 heavy (non-hydrogen) atoms. The Morgan fingerprint density at radius 3 is 3.21 bits per heavy atom. The van der Waals surface area contributed by atoms with Crippen LogP contribution in [-0.4, -0.2) is 47.3 Å². The standard InChI is InChI=1S/C17H21N3O3S/c1-2-11-8-18-19-14(11)12-4-3-5-20(9-12)17(21)16-15-13(10-24-16)22-6-7-23-15/h8,10,12H,2-7,9H2,1H3,(H,18,19)/t12-/m1/s1. The monoisotopic (exact) mass is 347 g/mol. The molecular formula is C17H21N3O3S. The van der Waals surface area contributed by atoms with Crippen molar-refractivity contribution in [3.8, 4) is 11.5 Å². The van der Waals surface area contributed by atoms with Gasteiger partial charge in [0.25, 0.3) is 5.91 Å². The molecule has 1 N–H and O–H groups in total. The molecule has 4 heterocycles. The first-order valence-electron chi connectivity index (χ1n) is 8.46. The van der Waals surface area contributed by atoms with Crippen LogP contribution in [0.3, 0.4) is 0 Å². The van der Waals surface area contributed by atoms with Crippen molar-refractivity contribution >= 4 is 17.2 Å². The Labute approximate surface area is 144 Å². The summed E-state index contributed by atoms with van der Waals surface area (Å²) in [5.74, 6) is 1.70. The molecule has 128 valence electrons. The molecule has 1 amide bonds. The molecule has 0 saturated carbocycles. The van der Waals surface area contributed by atoms with Crippen molar-refractivity contribution in [1.29, 1.82) is 0 Å². The van der Waals surface area contributed by atoms with Gasteiger partial charge in [0.1, 0.15) is 18.1 Å². The van der Waals surface area contributed by atoms with Crippen LogP contribution < -0.4 is 9.47 Å². The van der Waals surface area contributed by atoms with Crippen LogP contribution in [0, 0.1) is 0 Å². The first kappa shape index (κ1) is 15.5. The second kappa shape index (κ2) is 6.47. The van der Waals surface area contributed by atoms with E-state index < -0.39 is 0 Å². The van der Waals surface area contributed by atoms with E-state index in [2.05, 4.69) is 17.1 Å². The smallest absolute Gasteiger partial charge is 0.267 e. The largest absolute Gasteiger partial charge is 0.485 e. The third-order valence-corrected chi connectivity index (χ3v) is 5.67. The molecule has 0 aliphatic carbocycles. The molecule has 0 aromatic carbocycles. The highest BCUT2D eigenvalue weighted by molar-refractivity contribution is 7.12. The Kier molecular flexibility index (Phi) is 4.18. The fraction of sp³-hybridized carbons (Fsp3) is 0.529. The van der Waals surface area contributed by atoms with Crippen molar-refractivity contribution < 1.29 is 14.3 Å². The van der Waals surface area contributed by atoms with E-state index in [1.807, 2.05) is 16.5 Å². The number of carbonyl (C=O) groups excluding carboxylic acids is 1. The number of nitrogens with one attached hydrogen (secondary N) is 1.